The predicted octanol–water partition coefficient (Wildman–Crippen LogP) is 6.10. The molecule has 0 unspecified atom stereocenters. The van der Waals surface area contributed by atoms with Gasteiger partial charge in [0.05, 0.1) is 16.7 Å². The molecule has 1 aromatic carbocycles. The van der Waals surface area contributed by atoms with Crippen LogP contribution < -0.4 is 0 Å². The summed E-state index contributed by atoms with van der Waals surface area (Å²) in [4.78, 5) is 25.0. The Labute approximate surface area is 181 Å². The van der Waals surface area contributed by atoms with Crippen LogP contribution in [0.3, 0.4) is 0 Å². The van der Waals surface area contributed by atoms with E-state index >= 15 is 0 Å². The molecule has 0 amide bonds. The first kappa shape index (κ1) is 24.4. The quantitative estimate of drug-likeness (QED) is 0.553. The van der Waals surface area contributed by atoms with Crippen LogP contribution in [-0.2, 0) is 14.2 Å². The van der Waals surface area contributed by atoms with Gasteiger partial charge in [0.15, 0.2) is 0 Å². The maximum atomic E-state index is 12.5. The number of carbonyl (C=O) groups is 2. The zero-order chi connectivity index (χ0) is 22.0. The van der Waals surface area contributed by atoms with Crippen LogP contribution in [0.4, 0.5) is 0 Å². The SMILES string of the molecule is COC(C)(C)C.O=C(OC1CCCCC1)c1ccccc1C(=O)OC1CCCCC1. The van der Waals surface area contributed by atoms with Gasteiger partial charge in [-0.25, -0.2) is 9.59 Å². The number of benzene rings is 1. The van der Waals surface area contributed by atoms with E-state index in [1.165, 1.54) is 12.8 Å². The van der Waals surface area contributed by atoms with E-state index in [-0.39, 0.29) is 17.8 Å². The average Bonchev–Trinajstić information content (AvgIpc) is 2.75. The highest BCUT2D eigenvalue weighted by Crippen LogP contribution is 2.24. The van der Waals surface area contributed by atoms with Crippen molar-refractivity contribution in [1.29, 1.82) is 0 Å². The minimum Gasteiger partial charge on any atom is -0.459 e. The number of methoxy groups -OCH3 is 1. The molecule has 2 saturated carbocycles. The number of rotatable bonds is 4. The highest BCUT2D eigenvalue weighted by Gasteiger charge is 2.25. The second-order valence-corrected chi connectivity index (χ2v) is 9.19. The van der Waals surface area contributed by atoms with Crippen molar-refractivity contribution in [3.05, 3.63) is 35.4 Å². The van der Waals surface area contributed by atoms with Crippen LogP contribution in [0.1, 0.15) is 106 Å². The topological polar surface area (TPSA) is 61.8 Å². The molecule has 0 aromatic heterocycles. The Balaban J connectivity index is 0.000000469. The van der Waals surface area contributed by atoms with Crippen LogP contribution in [0, 0.1) is 0 Å². The van der Waals surface area contributed by atoms with Crippen molar-refractivity contribution in [2.45, 2.75) is 103 Å². The fourth-order valence-corrected chi connectivity index (χ4v) is 3.63. The van der Waals surface area contributed by atoms with Gasteiger partial charge in [-0.05, 0) is 84.3 Å². The Hall–Kier alpha value is -1.88. The molecule has 0 N–H and O–H groups in total. The molecule has 3 rings (SSSR count). The predicted molar refractivity (Wildman–Crippen MR) is 118 cm³/mol. The Kier molecular flexibility index (Phi) is 9.83. The molecule has 5 nitrogen and oxygen atoms in total. The van der Waals surface area contributed by atoms with Crippen LogP contribution in [0.2, 0.25) is 0 Å². The summed E-state index contributed by atoms with van der Waals surface area (Å²) in [6, 6.07) is 6.83. The van der Waals surface area contributed by atoms with Gasteiger partial charge in [0.25, 0.3) is 0 Å². The van der Waals surface area contributed by atoms with Crippen LogP contribution in [0.15, 0.2) is 24.3 Å². The van der Waals surface area contributed by atoms with E-state index in [0.29, 0.717) is 11.1 Å². The molecular weight excluding hydrogens is 380 g/mol. The smallest absolute Gasteiger partial charge is 0.339 e. The van der Waals surface area contributed by atoms with Gasteiger partial charge < -0.3 is 14.2 Å². The molecule has 168 valence electrons. The average molecular weight is 419 g/mol. The maximum Gasteiger partial charge on any atom is 0.339 e. The third kappa shape index (κ3) is 8.47. The molecule has 2 aliphatic carbocycles. The number of hydrogen-bond donors (Lipinski definition) is 0. The fraction of sp³-hybridized carbons (Fsp3) is 0.680. The highest BCUT2D eigenvalue weighted by molar-refractivity contribution is 6.03. The molecule has 0 saturated heterocycles. The van der Waals surface area contributed by atoms with E-state index in [1.54, 1.807) is 31.4 Å². The second-order valence-electron chi connectivity index (χ2n) is 9.19. The molecule has 2 aliphatic rings. The summed E-state index contributed by atoms with van der Waals surface area (Å²) in [5.41, 5.74) is 0.688. The molecule has 0 aliphatic heterocycles. The van der Waals surface area contributed by atoms with Crippen molar-refractivity contribution in [3.63, 3.8) is 0 Å². The minimum atomic E-state index is -0.405. The molecule has 0 radical (unpaired) electrons. The van der Waals surface area contributed by atoms with Gasteiger partial charge in [0.2, 0.25) is 0 Å². The lowest BCUT2D eigenvalue weighted by atomic mass is 9.97. The maximum absolute atomic E-state index is 12.5. The Morgan fingerprint density at radius 3 is 1.37 bits per heavy atom. The third-order valence-corrected chi connectivity index (χ3v) is 5.63. The minimum absolute atomic E-state index is 0.0197. The first-order chi connectivity index (χ1) is 14.3. The zero-order valence-electron chi connectivity index (χ0n) is 19.1. The summed E-state index contributed by atoms with van der Waals surface area (Å²) < 4.78 is 16.2. The Morgan fingerprint density at radius 1 is 0.733 bits per heavy atom. The van der Waals surface area contributed by atoms with E-state index in [9.17, 15) is 9.59 Å². The largest absolute Gasteiger partial charge is 0.459 e. The number of hydrogen-bond acceptors (Lipinski definition) is 5. The van der Waals surface area contributed by atoms with Gasteiger partial charge in [-0.2, -0.15) is 0 Å². The van der Waals surface area contributed by atoms with Gasteiger partial charge in [0, 0.05) is 7.11 Å². The van der Waals surface area contributed by atoms with Gasteiger partial charge in [0.1, 0.15) is 12.2 Å². The van der Waals surface area contributed by atoms with Crippen molar-refractivity contribution in [2.75, 3.05) is 7.11 Å². The van der Waals surface area contributed by atoms with Gasteiger partial charge in [-0.1, -0.05) is 25.0 Å². The summed E-state index contributed by atoms with van der Waals surface area (Å²) in [7, 11) is 1.71. The van der Waals surface area contributed by atoms with Crippen molar-refractivity contribution >= 4 is 11.9 Å². The number of carbonyl (C=O) groups excluding carboxylic acids is 2. The lowest BCUT2D eigenvalue weighted by Gasteiger charge is -2.23. The lowest BCUT2D eigenvalue weighted by Crippen LogP contribution is -2.24. The molecule has 1 aromatic rings. The van der Waals surface area contributed by atoms with Crippen molar-refractivity contribution in [2.24, 2.45) is 0 Å². The van der Waals surface area contributed by atoms with E-state index in [4.69, 9.17) is 14.2 Å². The lowest BCUT2D eigenvalue weighted by molar-refractivity contribution is 0.0164. The summed E-state index contributed by atoms with van der Waals surface area (Å²) in [5.74, 6) is -0.809. The van der Waals surface area contributed by atoms with Gasteiger partial charge >= 0.3 is 11.9 Å². The van der Waals surface area contributed by atoms with E-state index in [0.717, 1.165) is 51.4 Å². The Morgan fingerprint density at radius 2 is 1.07 bits per heavy atom. The monoisotopic (exact) mass is 418 g/mol. The van der Waals surface area contributed by atoms with Crippen LogP contribution >= 0.6 is 0 Å². The second kappa shape index (κ2) is 12.1. The van der Waals surface area contributed by atoms with E-state index < -0.39 is 11.9 Å². The molecule has 30 heavy (non-hydrogen) atoms. The first-order valence-electron chi connectivity index (χ1n) is 11.4. The molecule has 2 fully saturated rings. The van der Waals surface area contributed by atoms with Crippen LogP contribution in [0.25, 0.3) is 0 Å². The van der Waals surface area contributed by atoms with Crippen molar-refractivity contribution in [1.82, 2.24) is 0 Å². The molecule has 0 atom stereocenters. The van der Waals surface area contributed by atoms with Gasteiger partial charge in [-0.3, -0.25) is 0 Å². The molecular formula is C25H38O5. The Bertz CT molecular complexity index is 613. The van der Waals surface area contributed by atoms with Crippen molar-refractivity contribution in [3.8, 4) is 0 Å². The summed E-state index contributed by atoms with van der Waals surface area (Å²) in [6.45, 7) is 6.06. The van der Waals surface area contributed by atoms with Gasteiger partial charge in [-0.15, -0.1) is 0 Å². The summed E-state index contributed by atoms with van der Waals surface area (Å²) in [6.07, 6.45) is 10.4. The fourth-order valence-electron chi connectivity index (χ4n) is 3.63. The molecule has 0 spiro atoms. The molecule has 5 heteroatoms. The van der Waals surface area contributed by atoms with Crippen molar-refractivity contribution < 1.29 is 23.8 Å². The summed E-state index contributed by atoms with van der Waals surface area (Å²) >= 11 is 0. The summed E-state index contributed by atoms with van der Waals surface area (Å²) in [5, 5.41) is 0. The number of esters is 2. The molecule has 0 bridgehead atoms. The first-order valence-corrected chi connectivity index (χ1v) is 11.4. The zero-order valence-corrected chi connectivity index (χ0v) is 19.1. The van der Waals surface area contributed by atoms with Crippen LogP contribution in [0.5, 0.6) is 0 Å². The normalized spacial score (nSPS) is 18.1. The highest BCUT2D eigenvalue weighted by atomic mass is 16.6. The molecule has 0 heterocycles. The van der Waals surface area contributed by atoms with E-state index in [1.807, 2.05) is 20.8 Å². The standard InChI is InChI=1S/C20H26O4.C5H12O/c21-19(23-15-9-3-1-4-10-15)17-13-7-8-14-18(17)20(22)24-16-11-5-2-6-12-16;1-5(2,3)6-4/h7-8,13-16H,1-6,9-12H2;1-4H3. The number of ether oxygens (including phenoxy) is 3. The van der Waals surface area contributed by atoms with E-state index in [2.05, 4.69) is 0 Å². The van der Waals surface area contributed by atoms with Crippen LogP contribution in [-0.4, -0.2) is 36.9 Å². The third-order valence-electron chi connectivity index (χ3n) is 5.63.